The lowest BCUT2D eigenvalue weighted by Gasteiger charge is -2.22. The molecule has 0 radical (unpaired) electrons. The summed E-state index contributed by atoms with van der Waals surface area (Å²) in [5, 5.41) is 0. The van der Waals surface area contributed by atoms with Gasteiger partial charge in [-0.05, 0) is 43.3 Å². The van der Waals surface area contributed by atoms with Gasteiger partial charge >= 0.3 is 0 Å². The number of methoxy groups -OCH3 is 1. The van der Waals surface area contributed by atoms with Crippen LogP contribution in [0.4, 0.5) is 5.69 Å². The molecule has 0 atom stereocenters. The van der Waals surface area contributed by atoms with E-state index >= 15 is 0 Å². The van der Waals surface area contributed by atoms with Crippen LogP contribution >= 0.6 is 0 Å². The highest BCUT2D eigenvalue weighted by molar-refractivity contribution is 5.99. The lowest BCUT2D eigenvalue weighted by molar-refractivity contribution is 0.0999. The number of carbonyl (C=O) groups excluding carboxylic acids is 1. The summed E-state index contributed by atoms with van der Waals surface area (Å²) >= 11 is 0. The number of carbonyl (C=O) groups is 1. The topological polar surface area (TPSA) is 29.5 Å². The second-order valence-electron chi connectivity index (χ2n) is 4.50. The molecule has 0 aromatic heterocycles. The molecule has 3 nitrogen and oxygen atoms in total. The molecule has 0 aliphatic heterocycles. The monoisotopic (exact) mass is 269 g/mol. The third kappa shape index (κ3) is 3.38. The fraction of sp³-hybridized carbons (Fsp3) is 0.235. The predicted molar refractivity (Wildman–Crippen MR) is 81.7 cm³/mol. The molecule has 2 aromatic carbocycles. The molecule has 0 saturated carbocycles. The molecule has 0 bridgehead atoms. The molecule has 0 N–H and O–H groups in total. The first-order valence-corrected chi connectivity index (χ1v) is 6.72. The van der Waals surface area contributed by atoms with Gasteiger partial charge in [0.05, 0.1) is 13.7 Å². The van der Waals surface area contributed by atoms with Gasteiger partial charge in [-0.25, -0.2) is 0 Å². The lowest BCUT2D eigenvalue weighted by Crippen LogP contribution is -2.29. The van der Waals surface area contributed by atoms with Crippen LogP contribution in [0.25, 0.3) is 0 Å². The first-order valence-electron chi connectivity index (χ1n) is 6.72. The maximum absolute atomic E-state index is 12.3. The minimum atomic E-state index is 0.110. The highest BCUT2D eigenvalue weighted by Gasteiger charge is 2.11. The summed E-state index contributed by atoms with van der Waals surface area (Å²) in [6, 6.07) is 17.2. The molecule has 0 aliphatic rings. The smallest absolute Gasteiger partial charge is 0.182 e. The fourth-order valence-electron chi connectivity index (χ4n) is 2.07. The molecule has 0 amide bonds. The zero-order chi connectivity index (χ0) is 14.4. The van der Waals surface area contributed by atoms with Crippen molar-refractivity contribution in [3.05, 3.63) is 60.2 Å². The fourth-order valence-corrected chi connectivity index (χ4v) is 2.07. The molecular weight excluding hydrogens is 250 g/mol. The molecule has 0 heterocycles. The summed E-state index contributed by atoms with van der Waals surface area (Å²) < 4.78 is 5.10. The van der Waals surface area contributed by atoms with E-state index in [0.29, 0.717) is 12.1 Å². The molecule has 0 unspecified atom stereocenters. The van der Waals surface area contributed by atoms with Crippen LogP contribution in [0.3, 0.4) is 0 Å². The highest BCUT2D eigenvalue weighted by atomic mass is 16.5. The minimum Gasteiger partial charge on any atom is -0.497 e. The number of nitrogens with zero attached hydrogens (tertiary/aromatic N) is 1. The molecule has 0 spiro atoms. The van der Waals surface area contributed by atoms with Gasteiger partial charge < -0.3 is 9.64 Å². The number of ketones is 1. The summed E-state index contributed by atoms with van der Waals surface area (Å²) in [5.74, 6) is 0.871. The SMILES string of the molecule is CCN(CC(=O)c1ccc(OC)cc1)c1ccccc1. The van der Waals surface area contributed by atoms with Gasteiger partial charge in [0.1, 0.15) is 5.75 Å². The van der Waals surface area contributed by atoms with Crippen molar-refractivity contribution in [3.8, 4) is 5.75 Å². The van der Waals surface area contributed by atoms with Crippen molar-refractivity contribution in [3.63, 3.8) is 0 Å². The molecule has 104 valence electrons. The van der Waals surface area contributed by atoms with Crippen molar-refractivity contribution in [2.75, 3.05) is 25.1 Å². The summed E-state index contributed by atoms with van der Waals surface area (Å²) in [5.41, 5.74) is 1.78. The van der Waals surface area contributed by atoms with Gasteiger partial charge in [0.2, 0.25) is 0 Å². The Hall–Kier alpha value is -2.29. The van der Waals surface area contributed by atoms with Gasteiger partial charge in [-0.3, -0.25) is 4.79 Å². The third-order valence-electron chi connectivity index (χ3n) is 3.25. The Bertz CT molecular complexity index is 549. The Kier molecular flexibility index (Phi) is 4.77. The normalized spacial score (nSPS) is 10.1. The number of Topliss-reactive ketones (excluding diaryl/α,β-unsaturated/α-hetero) is 1. The van der Waals surface area contributed by atoms with Gasteiger partial charge in [0, 0.05) is 17.8 Å². The van der Waals surface area contributed by atoms with E-state index in [1.165, 1.54) is 0 Å². The number of hydrogen-bond donors (Lipinski definition) is 0. The number of hydrogen-bond acceptors (Lipinski definition) is 3. The molecule has 2 rings (SSSR count). The maximum atomic E-state index is 12.3. The van der Waals surface area contributed by atoms with E-state index in [9.17, 15) is 4.79 Å². The number of para-hydroxylation sites is 1. The molecular formula is C17H19NO2. The zero-order valence-electron chi connectivity index (χ0n) is 11.9. The summed E-state index contributed by atoms with van der Waals surface area (Å²) in [7, 11) is 1.62. The Balaban J connectivity index is 2.09. The first-order chi connectivity index (χ1) is 9.74. The first kappa shape index (κ1) is 14.1. The summed E-state index contributed by atoms with van der Waals surface area (Å²) in [6.45, 7) is 3.23. The minimum absolute atomic E-state index is 0.110. The third-order valence-corrected chi connectivity index (χ3v) is 3.25. The van der Waals surface area contributed by atoms with E-state index in [1.807, 2.05) is 49.4 Å². The van der Waals surface area contributed by atoms with Crippen molar-refractivity contribution >= 4 is 11.5 Å². The van der Waals surface area contributed by atoms with Crippen LogP contribution in [0, 0.1) is 0 Å². The quantitative estimate of drug-likeness (QED) is 0.753. The van der Waals surface area contributed by atoms with Crippen molar-refractivity contribution in [2.24, 2.45) is 0 Å². The van der Waals surface area contributed by atoms with Crippen LogP contribution < -0.4 is 9.64 Å². The average molecular weight is 269 g/mol. The number of ether oxygens (including phenoxy) is 1. The molecule has 3 heteroatoms. The van der Waals surface area contributed by atoms with Gasteiger partial charge in [-0.15, -0.1) is 0 Å². The molecule has 0 fully saturated rings. The zero-order valence-corrected chi connectivity index (χ0v) is 11.9. The Morgan fingerprint density at radius 3 is 2.25 bits per heavy atom. The summed E-state index contributed by atoms with van der Waals surface area (Å²) in [6.07, 6.45) is 0. The van der Waals surface area contributed by atoms with Crippen molar-refractivity contribution in [1.29, 1.82) is 0 Å². The van der Waals surface area contributed by atoms with Crippen molar-refractivity contribution in [1.82, 2.24) is 0 Å². The Morgan fingerprint density at radius 1 is 1.05 bits per heavy atom. The number of benzene rings is 2. The number of anilines is 1. The average Bonchev–Trinajstić information content (AvgIpc) is 2.53. The van der Waals surface area contributed by atoms with E-state index in [0.717, 1.165) is 18.0 Å². The van der Waals surface area contributed by atoms with Gasteiger partial charge in [0.25, 0.3) is 0 Å². The van der Waals surface area contributed by atoms with Crippen LogP contribution in [0.15, 0.2) is 54.6 Å². The van der Waals surface area contributed by atoms with E-state index in [-0.39, 0.29) is 5.78 Å². The molecule has 0 saturated heterocycles. The predicted octanol–water partition coefficient (Wildman–Crippen LogP) is 3.40. The second-order valence-corrected chi connectivity index (χ2v) is 4.50. The van der Waals surface area contributed by atoms with E-state index in [2.05, 4.69) is 4.90 Å². The number of rotatable bonds is 6. The maximum Gasteiger partial charge on any atom is 0.182 e. The Labute approximate surface area is 119 Å². The van der Waals surface area contributed by atoms with Gasteiger partial charge in [0.15, 0.2) is 5.78 Å². The van der Waals surface area contributed by atoms with Crippen LogP contribution in [-0.4, -0.2) is 26.0 Å². The van der Waals surface area contributed by atoms with Crippen LogP contribution in [-0.2, 0) is 0 Å². The standard InChI is InChI=1S/C17H19NO2/c1-3-18(15-7-5-4-6-8-15)13-17(19)14-9-11-16(20-2)12-10-14/h4-12H,3,13H2,1-2H3. The van der Waals surface area contributed by atoms with Crippen molar-refractivity contribution in [2.45, 2.75) is 6.92 Å². The molecule has 0 aliphatic carbocycles. The van der Waals surface area contributed by atoms with Crippen LogP contribution in [0.2, 0.25) is 0 Å². The Morgan fingerprint density at radius 2 is 1.70 bits per heavy atom. The van der Waals surface area contributed by atoms with Gasteiger partial charge in [-0.1, -0.05) is 18.2 Å². The van der Waals surface area contributed by atoms with E-state index < -0.39 is 0 Å². The molecule has 2 aromatic rings. The van der Waals surface area contributed by atoms with Crippen LogP contribution in [0.5, 0.6) is 5.75 Å². The number of likely N-dealkylation sites (N-methyl/N-ethyl adjacent to an activating group) is 1. The van der Waals surface area contributed by atoms with Gasteiger partial charge in [-0.2, -0.15) is 0 Å². The van der Waals surface area contributed by atoms with Crippen molar-refractivity contribution < 1.29 is 9.53 Å². The molecule has 20 heavy (non-hydrogen) atoms. The summed E-state index contributed by atoms with van der Waals surface area (Å²) in [4.78, 5) is 14.4. The van der Waals surface area contributed by atoms with E-state index in [1.54, 1.807) is 19.2 Å². The second kappa shape index (κ2) is 6.75. The van der Waals surface area contributed by atoms with E-state index in [4.69, 9.17) is 4.74 Å². The lowest BCUT2D eigenvalue weighted by atomic mass is 10.1. The highest BCUT2D eigenvalue weighted by Crippen LogP contribution is 2.15. The largest absolute Gasteiger partial charge is 0.497 e. The van der Waals surface area contributed by atoms with Crippen LogP contribution in [0.1, 0.15) is 17.3 Å².